The van der Waals surface area contributed by atoms with E-state index in [2.05, 4.69) is 17.2 Å². The van der Waals surface area contributed by atoms with Crippen LogP contribution >= 0.6 is 24.8 Å². The molecule has 0 bridgehead atoms. The van der Waals surface area contributed by atoms with Crippen LogP contribution in [-0.4, -0.2) is 40.3 Å². The zero-order chi connectivity index (χ0) is 16.4. The van der Waals surface area contributed by atoms with E-state index in [0.717, 1.165) is 6.54 Å². The molecule has 1 aromatic heterocycles. The number of rotatable bonds is 7. The average Bonchev–Trinajstić information content (AvgIpc) is 2.97. The van der Waals surface area contributed by atoms with E-state index in [-0.39, 0.29) is 42.2 Å². The van der Waals surface area contributed by atoms with Gasteiger partial charge in [-0.1, -0.05) is 20.8 Å². The van der Waals surface area contributed by atoms with Crippen molar-refractivity contribution >= 4 is 30.7 Å². The summed E-state index contributed by atoms with van der Waals surface area (Å²) in [4.78, 5) is 16.5. The molecule has 0 aromatic carbocycles. The summed E-state index contributed by atoms with van der Waals surface area (Å²) in [7, 11) is 0. The normalized spacial score (nSPS) is 25.6. The molecule has 0 radical (unpaired) electrons. The highest BCUT2D eigenvalue weighted by molar-refractivity contribution is 5.88. The fourth-order valence-corrected chi connectivity index (χ4v) is 3.06. The Morgan fingerprint density at radius 1 is 1.50 bits per heavy atom. The minimum atomic E-state index is -0.846. The average molecular weight is 381 g/mol. The Kier molecular flexibility index (Phi) is 8.73. The molecule has 2 rings (SSSR count). The summed E-state index contributed by atoms with van der Waals surface area (Å²) in [5.74, 6) is 0.235. The molecule has 3 unspecified atom stereocenters. The number of carbonyl (C=O) groups is 1. The first-order chi connectivity index (χ1) is 10.3. The Morgan fingerprint density at radius 2 is 2.17 bits per heavy atom. The number of nitrogens with one attached hydrogen (secondary N) is 1. The van der Waals surface area contributed by atoms with Crippen LogP contribution in [0.4, 0.5) is 0 Å². The lowest BCUT2D eigenvalue weighted by atomic mass is 9.54. The van der Waals surface area contributed by atoms with Gasteiger partial charge in [-0.15, -0.1) is 24.8 Å². The molecule has 1 aliphatic carbocycles. The standard InChI is InChI=1S/C16H28N4O2.2ClH/c1-5-22-13-8-16(17,15(13,3)4)14(21)19-9-12(2)10-20-7-6-18-11-20;;/h6-7,11-13H,5,8-10,17H2,1-4H3,(H,19,21);2*1H. The van der Waals surface area contributed by atoms with Gasteiger partial charge in [0.05, 0.1) is 12.4 Å². The third kappa shape index (κ3) is 4.42. The number of hydrogen-bond donors (Lipinski definition) is 2. The number of carbonyl (C=O) groups excluding carboxylic acids is 1. The van der Waals surface area contributed by atoms with Gasteiger partial charge in [-0.05, 0) is 12.8 Å². The first-order valence-electron chi connectivity index (χ1n) is 7.95. The molecule has 0 spiro atoms. The molecule has 1 aromatic rings. The van der Waals surface area contributed by atoms with Gasteiger partial charge in [0.1, 0.15) is 5.54 Å². The van der Waals surface area contributed by atoms with Gasteiger partial charge in [-0.2, -0.15) is 0 Å². The van der Waals surface area contributed by atoms with Gasteiger partial charge >= 0.3 is 0 Å². The molecule has 140 valence electrons. The first kappa shape index (κ1) is 23.2. The summed E-state index contributed by atoms with van der Waals surface area (Å²) < 4.78 is 7.67. The van der Waals surface area contributed by atoms with Crippen LogP contribution in [0.2, 0.25) is 0 Å². The molecule has 8 heteroatoms. The lowest BCUT2D eigenvalue weighted by molar-refractivity contribution is -0.170. The van der Waals surface area contributed by atoms with Gasteiger partial charge in [0.15, 0.2) is 0 Å². The fourth-order valence-electron chi connectivity index (χ4n) is 3.06. The van der Waals surface area contributed by atoms with Crippen molar-refractivity contribution in [1.82, 2.24) is 14.9 Å². The van der Waals surface area contributed by atoms with Crippen LogP contribution in [0.25, 0.3) is 0 Å². The highest BCUT2D eigenvalue weighted by atomic mass is 35.5. The summed E-state index contributed by atoms with van der Waals surface area (Å²) in [6.07, 6.45) is 6.09. The zero-order valence-electron chi connectivity index (χ0n) is 14.8. The van der Waals surface area contributed by atoms with Gasteiger partial charge in [0.2, 0.25) is 5.91 Å². The van der Waals surface area contributed by atoms with Crippen molar-refractivity contribution in [1.29, 1.82) is 0 Å². The second-order valence-corrected chi connectivity index (χ2v) is 6.92. The number of ether oxygens (including phenoxy) is 1. The van der Waals surface area contributed by atoms with Crippen LogP contribution in [0, 0.1) is 11.3 Å². The van der Waals surface area contributed by atoms with Crippen molar-refractivity contribution in [3.8, 4) is 0 Å². The molecule has 1 aliphatic rings. The maximum absolute atomic E-state index is 12.5. The van der Waals surface area contributed by atoms with Gasteiger partial charge in [0.25, 0.3) is 0 Å². The molecule has 0 aliphatic heterocycles. The van der Waals surface area contributed by atoms with Crippen LogP contribution in [0.1, 0.15) is 34.1 Å². The fraction of sp³-hybridized carbons (Fsp3) is 0.750. The van der Waals surface area contributed by atoms with Crippen molar-refractivity contribution < 1.29 is 9.53 Å². The third-order valence-electron chi connectivity index (χ3n) is 4.93. The van der Waals surface area contributed by atoms with E-state index in [1.54, 1.807) is 12.5 Å². The number of nitrogens with two attached hydrogens (primary N) is 1. The SMILES string of the molecule is CCOC1CC(N)(C(=O)NCC(C)Cn2ccnc2)C1(C)C.Cl.Cl. The van der Waals surface area contributed by atoms with Crippen molar-refractivity contribution in [2.75, 3.05) is 13.2 Å². The number of hydrogen-bond acceptors (Lipinski definition) is 4. The van der Waals surface area contributed by atoms with E-state index in [4.69, 9.17) is 10.5 Å². The molecule has 3 atom stereocenters. The van der Waals surface area contributed by atoms with Gasteiger partial charge in [0, 0.05) is 43.9 Å². The van der Waals surface area contributed by atoms with Crippen molar-refractivity contribution in [2.45, 2.75) is 52.3 Å². The number of halogens is 2. The number of imidazole rings is 1. The van der Waals surface area contributed by atoms with Crippen LogP contribution in [0.15, 0.2) is 18.7 Å². The zero-order valence-corrected chi connectivity index (χ0v) is 16.5. The smallest absolute Gasteiger partial charge is 0.240 e. The monoisotopic (exact) mass is 380 g/mol. The number of amides is 1. The van der Waals surface area contributed by atoms with E-state index >= 15 is 0 Å². The molecule has 3 N–H and O–H groups in total. The lowest BCUT2D eigenvalue weighted by Gasteiger charge is -2.57. The maximum Gasteiger partial charge on any atom is 0.240 e. The molecule has 24 heavy (non-hydrogen) atoms. The summed E-state index contributed by atoms with van der Waals surface area (Å²) in [5, 5.41) is 3.00. The molecular weight excluding hydrogens is 351 g/mol. The molecule has 1 saturated carbocycles. The minimum absolute atomic E-state index is 0. The quantitative estimate of drug-likeness (QED) is 0.757. The van der Waals surface area contributed by atoms with Crippen LogP contribution in [0.3, 0.4) is 0 Å². The summed E-state index contributed by atoms with van der Waals surface area (Å²) >= 11 is 0. The first-order valence-corrected chi connectivity index (χ1v) is 7.95. The summed E-state index contributed by atoms with van der Waals surface area (Å²) in [6, 6.07) is 0. The minimum Gasteiger partial charge on any atom is -0.378 e. The second-order valence-electron chi connectivity index (χ2n) is 6.92. The van der Waals surface area contributed by atoms with E-state index in [0.29, 0.717) is 25.5 Å². The Balaban J connectivity index is 0.00000264. The Morgan fingerprint density at radius 3 is 2.67 bits per heavy atom. The predicted octanol–water partition coefficient (Wildman–Crippen LogP) is 2.01. The maximum atomic E-state index is 12.5. The topological polar surface area (TPSA) is 82.2 Å². The van der Waals surface area contributed by atoms with Crippen molar-refractivity contribution in [3.05, 3.63) is 18.7 Å². The molecule has 6 nitrogen and oxygen atoms in total. The van der Waals surface area contributed by atoms with E-state index in [9.17, 15) is 4.79 Å². The Bertz CT molecular complexity index is 510. The largest absolute Gasteiger partial charge is 0.378 e. The van der Waals surface area contributed by atoms with Crippen LogP contribution in [0.5, 0.6) is 0 Å². The van der Waals surface area contributed by atoms with Crippen molar-refractivity contribution in [2.24, 2.45) is 17.1 Å². The molecular formula is C16H30Cl2N4O2. The Hall–Kier alpha value is -0.820. The van der Waals surface area contributed by atoms with Crippen molar-refractivity contribution in [3.63, 3.8) is 0 Å². The second kappa shape index (κ2) is 9.04. The highest BCUT2D eigenvalue weighted by Gasteiger charge is 2.62. The predicted molar refractivity (Wildman–Crippen MR) is 99.6 cm³/mol. The van der Waals surface area contributed by atoms with E-state index < -0.39 is 5.54 Å². The molecule has 0 saturated heterocycles. The number of aromatic nitrogens is 2. The van der Waals surface area contributed by atoms with E-state index in [1.165, 1.54) is 0 Å². The summed E-state index contributed by atoms with van der Waals surface area (Å²) in [6.45, 7) is 10.1. The van der Waals surface area contributed by atoms with Crippen LogP contribution in [-0.2, 0) is 16.1 Å². The third-order valence-corrected chi connectivity index (χ3v) is 4.93. The lowest BCUT2D eigenvalue weighted by Crippen LogP contribution is -2.75. The van der Waals surface area contributed by atoms with Gasteiger partial charge in [-0.3, -0.25) is 4.79 Å². The van der Waals surface area contributed by atoms with E-state index in [1.807, 2.05) is 31.5 Å². The van der Waals surface area contributed by atoms with Gasteiger partial charge in [-0.25, -0.2) is 4.98 Å². The number of nitrogens with zero attached hydrogens (tertiary/aromatic N) is 2. The highest BCUT2D eigenvalue weighted by Crippen LogP contribution is 2.49. The Labute approximate surface area is 156 Å². The van der Waals surface area contributed by atoms with Gasteiger partial charge < -0.3 is 20.4 Å². The molecule has 1 heterocycles. The summed E-state index contributed by atoms with van der Waals surface area (Å²) in [5.41, 5.74) is 5.17. The molecule has 1 fully saturated rings. The van der Waals surface area contributed by atoms with Crippen LogP contribution < -0.4 is 11.1 Å². The molecule has 1 amide bonds.